The molecule has 0 saturated carbocycles. The fraction of sp³-hybridized carbons (Fsp3) is 0.308. The molecule has 0 aliphatic rings. The van der Waals surface area contributed by atoms with Crippen molar-refractivity contribution >= 4 is 28.2 Å². The summed E-state index contributed by atoms with van der Waals surface area (Å²) in [6, 6.07) is 9.59. The van der Waals surface area contributed by atoms with E-state index in [0.29, 0.717) is 12.4 Å². The number of halogens is 1. The van der Waals surface area contributed by atoms with E-state index in [2.05, 4.69) is 10.3 Å². The summed E-state index contributed by atoms with van der Waals surface area (Å²) in [5, 5.41) is 13.6. The Morgan fingerprint density at radius 2 is 2.22 bits per heavy atom. The molecule has 1 unspecified atom stereocenters. The van der Waals surface area contributed by atoms with E-state index in [-0.39, 0.29) is 5.88 Å². The Hall–Kier alpha value is -1.52. The lowest BCUT2D eigenvalue weighted by molar-refractivity contribution is 0.211. The van der Waals surface area contributed by atoms with Gasteiger partial charge < -0.3 is 15.2 Å². The second-order valence-corrected chi connectivity index (χ2v) is 4.23. The molecule has 1 aromatic heterocycles. The van der Waals surface area contributed by atoms with Crippen LogP contribution in [0.1, 0.15) is 0 Å². The Morgan fingerprint density at radius 1 is 1.39 bits per heavy atom. The van der Waals surface area contributed by atoms with Crippen molar-refractivity contribution in [3.8, 4) is 5.88 Å². The topological polar surface area (TPSA) is 54.4 Å². The largest absolute Gasteiger partial charge is 0.481 e. The number of nitrogens with zero attached hydrogens (tertiary/aromatic N) is 1. The predicted octanol–water partition coefficient (Wildman–Crippen LogP) is 2.25. The van der Waals surface area contributed by atoms with Gasteiger partial charge in [0.2, 0.25) is 5.88 Å². The standard InChI is InChI=1S/C13H15ClN2O2/c1-18-12-6-5-9-3-2-4-11(13(9)16-12)15-8-10(17)7-14/h2-6,10,15,17H,7-8H2,1H3. The number of nitrogens with one attached hydrogen (secondary N) is 1. The van der Waals surface area contributed by atoms with E-state index >= 15 is 0 Å². The SMILES string of the molecule is COc1ccc2cccc(NCC(O)CCl)c2n1. The highest BCUT2D eigenvalue weighted by Gasteiger charge is 2.06. The van der Waals surface area contributed by atoms with E-state index in [4.69, 9.17) is 16.3 Å². The molecule has 1 atom stereocenters. The summed E-state index contributed by atoms with van der Waals surface area (Å²) >= 11 is 5.56. The van der Waals surface area contributed by atoms with Gasteiger partial charge in [0.05, 0.1) is 30.3 Å². The number of aliphatic hydroxyl groups is 1. The van der Waals surface area contributed by atoms with Crippen LogP contribution in [0.3, 0.4) is 0 Å². The van der Waals surface area contributed by atoms with E-state index in [1.54, 1.807) is 7.11 Å². The monoisotopic (exact) mass is 266 g/mol. The maximum atomic E-state index is 9.45. The molecule has 0 radical (unpaired) electrons. The van der Waals surface area contributed by atoms with Gasteiger partial charge in [-0.05, 0) is 12.1 Å². The molecule has 5 heteroatoms. The number of rotatable bonds is 5. The Kier molecular flexibility index (Phi) is 4.23. The number of anilines is 1. The van der Waals surface area contributed by atoms with Crippen LogP contribution >= 0.6 is 11.6 Å². The zero-order valence-electron chi connectivity index (χ0n) is 10.1. The third-order valence-electron chi connectivity index (χ3n) is 2.61. The summed E-state index contributed by atoms with van der Waals surface area (Å²) in [5.74, 6) is 0.767. The van der Waals surface area contributed by atoms with Gasteiger partial charge in [-0.25, -0.2) is 4.98 Å². The highest BCUT2D eigenvalue weighted by molar-refractivity contribution is 6.18. The normalized spacial score (nSPS) is 12.4. The lowest BCUT2D eigenvalue weighted by Crippen LogP contribution is -2.20. The van der Waals surface area contributed by atoms with Crippen molar-refractivity contribution in [2.75, 3.05) is 24.9 Å². The minimum Gasteiger partial charge on any atom is -0.481 e. The van der Waals surface area contributed by atoms with Gasteiger partial charge in [0.15, 0.2) is 0 Å². The number of aromatic nitrogens is 1. The summed E-state index contributed by atoms with van der Waals surface area (Å²) in [4.78, 5) is 4.40. The number of pyridine rings is 1. The first kappa shape index (κ1) is 12.9. The molecule has 2 aromatic rings. The molecule has 1 heterocycles. The van der Waals surface area contributed by atoms with Gasteiger partial charge in [0.1, 0.15) is 0 Å². The minimum atomic E-state index is -0.576. The van der Waals surface area contributed by atoms with E-state index in [9.17, 15) is 5.11 Å². The molecule has 18 heavy (non-hydrogen) atoms. The first-order valence-corrected chi connectivity index (χ1v) is 6.19. The van der Waals surface area contributed by atoms with E-state index in [1.807, 2.05) is 30.3 Å². The Morgan fingerprint density at radius 3 is 2.94 bits per heavy atom. The zero-order chi connectivity index (χ0) is 13.0. The van der Waals surface area contributed by atoms with Crippen LogP contribution in [0.15, 0.2) is 30.3 Å². The fourth-order valence-corrected chi connectivity index (χ4v) is 1.78. The van der Waals surface area contributed by atoms with Crippen LogP contribution < -0.4 is 10.1 Å². The molecule has 1 aromatic carbocycles. The van der Waals surface area contributed by atoms with Gasteiger partial charge in [-0.3, -0.25) is 0 Å². The zero-order valence-corrected chi connectivity index (χ0v) is 10.8. The van der Waals surface area contributed by atoms with Gasteiger partial charge in [-0.2, -0.15) is 0 Å². The molecule has 4 nitrogen and oxygen atoms in total. The molecule has 0 bridgehead atoms. The van der Waals surface area contributed by atoms with Crippen molar-refractivity contribution < 1.29 is 9.84 Å². The first-order chi connectivity index (χ1) is 8.74. The third kappa shape index (κ3) is 2.83. The van der Waals surface area contributed by atoms with E-state index < -0.39 is 6.10 Å². The van der Waals surface area contributed by atoms with Gasteiger partial charge in [-0.1, -0.05) is 12.1 Å². The summed E-state index contributed by atoms with van der Waals surface area (Å²) in [5.41, 5.74) is 1.68. The molecule has 0 aliphatic heterocycles. The number of ether oxygens (including phenoxy) is 1. The number of aliphatic hydroxyl groups excluding tert-OH is 1. The Balaban J connectivity index is 2.31. The second kappa shape index (κ2) is 5.89. The summed E-state index contributed by atoms with van der Waals surface area (Å²) in [7, 11) is 1.58. The van der Waals surface area contributed by atoms with Crippen LogP contribution in [-0.4, -0.2) is 35.7 Å². The van der Waals surface area contributed by atoms with Crippen molar-refractivity contribution in [1.29, 1.82) is 0 Å². The average molecular weight is 267 g/mol. The number of benzene rings is 1. The van der Waals surface area contributed by atoms with Gasteiger partial charge in [0.25, 0.3) is 0 Å². The summed E-state index contributed by atoms with van der Waals surface area (Å²) in [6.45, 7) is 0.390. The summed E-state index contributed by atoms with van der Waals surface area (Å²) < 4.78 is 5.11. The smallest absolute Gasteiger partial charge is 0.213 e. The van der Waals surface area contributed by atoms with Gasteiger partial charge >= 0.3 is 0 Å². The highest BCUT2D eigenvalue weighted by Crippen LogP contribution is 2.23. The fourth-order valence-electron chi connectivity index (χ4n) is 1.67. The van der Waals surface area contributed by atoms with Crippen molar-refractivity contribution in [2.24, 2.45) is 0 Å². The molecule has 2 N–H and O–H groups in total. The van der Waals surface area contributed by atoms with Crippen molar-refractivity contribution in [2.45, 2.75) is 6.10 Å². The van der Waals surface area contributed by atoms with Crippen molar-refractivity contribution in [1.82, 2.24) is 4.98 Å². The Labute approximate surface area is 111 Å². The molecular formula is C13H15ClN2O2. The van der Waals surface area contributed by atoms with Crippen LogP contribution in [0.5, 0.6) is 5.88 Å². The molecule has 96 valence electrons. The molecule has 0 aliphatic carbocycles. The Bertz CT molecular complexity index is 533. The van der Waals surface area contributed by atoms with Crippen LogP contribution in [0.25, 0.3) is 10.9 Å². The van der Waals surface area contributed by atoms with E-state index in [0.717, 1.165) is 16.6 Å². The quantitative estimate of drug-likeness (QED) is 0.815. The molecule has 0 fully saturated rings. The number of alkyl halides is 1. The van der Waals surface area contributed by atoms with Crippen molar-refractivity contribution in [3.63, 3.8) is 0 Å². The lowest BCUT2D eigenvalue weighted by Gasteiger charge is -2.12. The number of hydrogen-bond donors (Lipinski definition) is 2. The molecule has 0 amide bonds. The number of fused-ring (bicyclic) bond motifs is 1. The second-order valence-electron chi connectivity index (χ2n) is 3.92. The summed E-state index contributed by atoms with van der Waals surface area (Å²) in [6.07, 6.45) is -0.576. The average Bonchev–Trinajstić information content (AvgIpc) is 2.43. The minimum absolute atomic E-state index is 0.203. The van der Waals surface area contributed by atoms with Crippen LogP contribution in [0.4, 0.5) is 5.69 Å². The number of hydrogen-bond acceptors (Lipinski definition) is 4. The third-order valence-corrected chi connectivity index (χ3v) is 2.97. The molecule has 0 spiro atoms. The highest BCUT2D eigenvalue weighted by atomic mass is 35.5. The van der Waals surface area contributed by atoms with Crippen LogP contribution in [0, 0.1) is 0 Å². The number of methoxy groups -OCH3 is 1. The maximum Gasteiger partial charge on any atom is 0.213 e. The van der Waals surface area contributed by atoms with E-state index in [1.165, 1.54) is 0 Å². The first-order valence-electron chi connectivity index (χ1n) is 5.66. The molecule has 2 rings (SSSR count). The van der Waals surface area contributed by atoms with Gasteiger partial charge in [-0.15, -0.1) is 11.6 Å². The molecular weight excluding hydrogens is 252 g/mol. The van der Waals surface area contributed by atoms with Crippen molar-refractivity contribution in [3.05, 3.63) is 30.3 Å². The van der Waals surface area contributed by atoms with Gasteiger partial charge in [0, 0.05) is 18.0 Å². The lowest BCUT2D eigenvalue weighted by atomic mass is 10.2. The number of para-hydroxylation sites is 1. The van der Waals surface area contributed by atoms with Crippen LogP contribution in [-0.2, 0) is 0 Å². The maximum absolute atomic E-state index is 9.45. The predicted molar refractivity (Wildman–Crippen MR) is 73.5 cm³/mol. The van der Waals surface area contributed by atoms with Crippen LogP contribution in [0.2, 0.25) is 0 Å². The molecule has 0 saturated heterocycles.